The molecule has 1 heterocycles. The van der Waals surface area contributed by atoms with Gasteiger partial charge >= 0.3 is 5.69 Å². The minimum absolute atomic E-state index is 0.215. The van der Waals surface area contributed by atoms with Crippen LogP contribution in [-0.4, -0.2) is 9.55 Å². The van der Waals surface area contributed by atoms with Crippen molar-refractivity contribution in [3.8, 4) is 5.69 Å². The number of hydrogen-bond acceptors (Lipinski definition) is 3. The van der Waals surface area contributed by atoms with E-state index in [2.05, 4.69) is 4.98 Å². The summed E-state index contributed by atoms with van der Waals surface area (Å²) in [6.07, 6.45) is 1.62. The van der Waals surface area contributed by atoms with Crippen LogP contribution in [0.3, 0.4) is 0 Å². The first-order valence-corrected chi connectivity index (χ1v) is 6.48. The van der Waals surface area contributed by atoms with Crippen LogP contribution >= 0.6 is 11.6 Å². The van der Waals surface area contributed by atoms with Crippen molar-refractivity contribution in [1.29, 1.82) is 0 Å². The molecule has 0 fully saturated rings. The Morgan fingerprint density at radius 3 is 2.75 bits per heavy atom. The zero-order valence-corrected chi connectivity index (χ0v) is 11.6. The van der Waals surface area contributed by atoms with E-state index in [1.807, 2.05) is 37.3 Å². The lowest BCUT2D eigenvalue weighted by atomic mass is 10.0. The third-order valence-electron chi connectivity index (χ3n) is 3.21. The van der Waals surface area contributed by atoms with E-state index < -0.39 is 5.69 Å². The molecule has 20 heavy (non-hydrogen) atoms. The molecule has 0 aliphatic heterocycles. The number of anilines is 1. The molecule has 4 nitrogen and oxygen atoms in total. The van der Waals surface area contributed by atoms with Crippen LogP contribution < -0.4 is 11.4 Å². The van der Waals surface area contributed by atoms with Gasteiger partial charge in [0.2, 0.25) is 0 Å². The second-order valence-corrected chi connectivity index (χ2v) is 5.07. The van der Waals surface area contributed by atoms with Gasteiger partial charge in [0.05, 0.1) is 5.69 Å². The highest BCUT2D eigenvalue weighted by atomic mass is 35.5. The van der Waals surface area contributed by atoms with Gasteiger partial charge in [-0.1, -0.05) is 17.7 Å². The molecule has 0 saturated carbocycles. The monoisotopic (exact) mass is 285 g/mol. The minimum atomic E-state index is -0.397. The van der Waals surface area contributed by atoms with Crippen molar-refractivity contribution in [1.82, 2.24) is 9.55 Å². The van der Waals surface area contributed by atoms with Crippen molar-refractivity contribution in [2.24, 2.45) is 0 Å². The Bertz CT molecular complexity index is 871. The zero-order chi connectivity index (χ0) is 14.3. The molecule has 5 heteroatoms. The van der Waals surface area contributed by atoms with Gasteiger partial charge in [0.25, 0.3) is 0 Å². The van der Waals surface area contributed by atoms with Gasteiger partial charge in [0.15, 0.2) is 0 Å². The summed E-state index contributed by atoms with van der Waals surface area (Å²) in [6, 6.07) is 11.2. The third-order valence-corrected chi connectivity index (χ3v) is 3.44. The SMILES string of the molecule is Cc1cc(-n2ccc(N)nc2=O)cc2cc(Cl)ccc12. The number of aromatic nitrogens is 2. The standard InChI is InChI=1S/C15H12ClN3O/c1-9-6-12(19-5-4-14(17)18-15(19)20)8-10-7-11(16)2-3-13(9)10/h2-8H,1H3,(H2,17,18,20). The lowest BCUT2D eigenvalue weighted by molar-refractivity contribution is 0.920. The Kier molecular flexibility index (Phi) is 2.95. The Morgan fingerprint density at radius 1 is 1.20 bits per heavy atom. The summed E-state index contributed by atoms with van der Waals surface area (Å²) in [4.78, 5) is 15.6. The van der Waals surface area contributed by atoms with Gasteiger partial charge in [0.1, 0.15) is 5.82 Å². The Balaban J connectivity index is 2.29. The van der Waals surface area contributed by atoms with E-state index in [9.17, 15) is 4.79 Å². The molecule has 0 unspecified atom stereocenters. The van der Waals surface area contributed by atoms with Crippen LogP contribution in [0.25, 0.3) is 16.5 Å². The summed E-state index contributed by atoms with van der Waals surface area (Å²) in [6.45, 7) is 2.00. The lowest BCUT2D eigenvalue weighted by Crippen LogP contribution is -2.21. The fourth-order valence-corrected chi connectivity index (χ4v) is 2.45. The van der Waals surface area contributed by atoms with Crippen LogP contribution in [0.4, 0.5) is 5.82 Å². The average Bonchev–Trinajstić information content (AvgIpc) is 2.37. The van der Waals surface area contributed by atoms with Crippen LogP contribution in [0.1, 0.15) is 5.56 Å². The molecule has 1 aromatic heterocycles. The van der Waals surface area contributed by atoms with Gasteiger partial charge in [-0.05, 0) is 53.6 Å². The number of hydrogen-bond donors (Lipinski definition) is 1. The van der Waals surface area contributed by atoms with Gasteiger partial charge in [0, 0.05) is 11.2 Å². The number of nitrogens with two attached hydrogens (primary N) is 1. The number of nitrogen functional groups attached to an aromatic ring is 1. The highest BCUT2D eigenvalue weighted by Gasteiger charge is 2.06. The highest BCUT2D eigenvalue weighted by molar-refractivity contribution is 6.31. The van der Waals surface area contributed by atoms with Crippen molar-refractivity contribution in [3.63, 3.8) is 0 Å². The van der Waals surface area contributed by atoms with Gasteiger partial charge in [-0.25, -0.2) is 4.79 Å². The molecule has 0 aliphatic carbocycles. The molecule has 0 bridgehead atoms. The topological polar surface area (TPSA) is 60.9 Å². The Morgan fingerprint density at radius 2 is 2.00 bits per heavy atom. The van der Waals surface area contributed by atoms with Crippen LogP contribution in [0.15, 0.2) is 47.4 Å². The largest absolute Gasteiger partial charge is 0.383 e. The maximum Gasteiger partial charge on any atom is 0.354 e. The number of benzene rings is 2. The smallest absolute Gasteiger partial charge is 0.354 e. The molecule has 0 amide bonds. The van der Waals surface area contributed by atoms with Crippen LogP contribution in [0, 0.1) is 6.92 Å². The van der Waals surface area contributed by atoms with Gasteiger partial charge < -0.3 is 5.73 Å². The van der Waals surface area contributed by atoms with Gasteiger partial charge in [-0.2, -0.15) is 4.98 Å². The van der Waals surface area contributed by atoms with E-state index in [-0.39, 0.29) is 5.82 Å². The van der Waals surface area contributed by atoms with Crippen LogP contribution in [0.2, 0.25) is 5.02 Å². The molecule has 0 aliphatic rings. The van der Waals surface area contributed by atoms with Gasteiger partial charge in [-0.3, -0.25) is 4.57 Å². The van der Waals surface area contributed by atoms with Crippen molar-refractivity contribution >= 4 is 28.2 Å². The van der Waals surface area contributed by atoms with E-state index in [0.29, 0.717) is 5.02 Å². The number of aryl methyl sites for hydroxylation is 1. The van der Waals surface area contributed by atoms with Crippen LogP contribution in [0.5, 0.6) is 0 Å². The molecule has 3 aromatic rings. The zero-order valence-electron chi connectivity index (χ0n) is 10.8. The second-order valence-electron chi connectivity index (χ2n) is 4.63. The normalized spacial score (nSPS) is 10.9. The number of halogens is 1. The summed E-state index contributed by atoms with van der Waals surface area (Å²) >= 11 is 6.02. The van der Waals surface area contributed by atoms with Gasteiger partial charge in [-0.15, -0.1) is 0 Å². The number of fused-ring (bicyclic) bond motifs is 1. The predicted octanol–water partition coefficient (Wildman–Crippen LogP) is 2.93. The molecule has 0 atom stereocenters. The van der Waals surface area contributed by atoms with E-state index in [1.54, 1.807) is 12.3 Å². The molecule has 0 saturated heterocycles. The van der Waals surface area contributed by atoms with Crippen molar-refractivity contribution in [2.75, 3.05) is 5.73 Å². The Labute approximate surface area is 120 Å². The summed E-state index contributed by atoms with van der Waals surface area (Å²) in [5.41, 5.74) is 6.92. The molecular formula is C15H12ClN3O. The molecular weight excluding hydrogens is 274 g/mol. The minimum Gasteiger partial charge on any atom is -0.383 e. The molecule has 0 spiro atoms. The maximum atomic E-state index is 11.9. The van der Waals surface area contributed by atoms with Crippen molar-refractivity contribution in [3.05, 3.63) is 63.7 Å². The Hall–Kier alpha value is -2.33. The fraction of sp³-hybridized carbons (Fsp3) is 0.0667. The van der Waals surface area contributed by atoms with Crippen LogP contribution in [-0.2, 0) is 0 Å². The number of rotatable bonds is 1. The summed E-state index contributed by atoms with van der Waals surface area (Å²) < 4.78 is 1.46. The molecule has 100 valence electrons. The van der Waals surface area contributed by atoms with E-state index in [0.717, 1.165) is 22.0 Å². The molecule has 0 radical (unpaired) electrons. The fourth-order valence-electron chi connectivity index (χ4n) is 2.26. The highest BCUT2D eigenvalue weighted by Crippen LogP contribution is 2.25. The first kappa shape index (κ1) is 12.7. The molecule has 2 aromatic carbocycles. The molecule has 2 N–H and O–H groups in total. The first-order valence-electron chi connectivity index (χ1n) is 6.10. The predicted molar refractivity (Wildman–Crippen MR) is 81.5 cm³/mol. The van der Waals surface area contributed by atoms with Crippen molar-refractivity contribution in [2.45, 2.75) is 6.92 Å². The summed E-state index contributed by atoms with van der Waals surface area (Å²) in [7, 11) is 0. The third kappa shape index (κ3) is 2.14. The number of nitrogens with zero attached hydrogens (tertiary/aromatic N) is 2. The van der Waals surface area contributed by atoms with Crippen molar-refractivity contribution < 1.29 is 0 Å². The van der Waals surface area contributed by atoms with E-state index in [4.69, 9.17) is 17.3 Å². The second kappa shape index (κ2) is 4.65. The lowest BCUT2D eigenvalue weighted by Gasteiger charge is -2.09. The first-order chi connectivity index (χ1) is 9.54. The molecule has 3 rings (SSSR count). The quantitative estimate of drug-likeness (QED) is 0.748. The van der Waals surface area contributed by atoms with E-state index >= 15 is 0 Å². The summed E-state index contributed by atoms with van der Waals surface area (Å²) in [5.74, 6) is 0.215. The average molecular weight is 286 g/mol. The maximum absolute atomic E-state index is 11.9. The van der Waals surface area contributed by atoms with E-state index in [1.165, 1.54) is 4.57 Å². The summed E-state index contributed by atoms with van der Waals surface area (Å²) in [5, 5.41) is 2.75.